The van der Waals surface area contributed by atoms with E-state index in [9.17, 15) is 18.8 Å². The number of anilines is 2. The number of methoxy groups -OCH3 is 2. The normalized spacial score (nSPS) is 15.6. The highest BCUT2D eigenvalue weighted by Gasteiger charge is 2.33. The number of para-hydroxylation sites is 1. The van der Waals surface area contributed by atoms with Crippen molar-refractivity contribution in [2.24, 2.45) is 0 Å². The van der Waals surface area contributed by atoms with E-state index in [0.29, 0.717) is 92.1 Å². The summed E-state index contributed by atoms with van der Waals surface area (Å²) in [5.41, 5.74) is 0.939. The molecule has 0 bridgehead atoms. The highest BCUT2D eigenvalue weighted by molar-refractivity contribution is 6.03. The molecule has 2 aliphatic rings. The SMILES string of the molecule is COc1ccc(N(C(=O)Nc2ccc(F)cc2)C(C)c2nc3ccccc3c(=O)n2N2CCN(C(=O)N3CCOCC3)CC2)c(OC)c1. The van der Waals surface area contributed by atoms with Crippen molar-refractivity contribution in [2.75, 3.05) is 81.9 Å². The molecule has 14 heteroatoms. The molecule has 1 aromatic heterocycles. The van der Waals surface area contributed by atoms with E-state index in [0.717, 1.165) is 0 Å². The zero-order chi connectivity index (χ0) is 33.8. The lowest BCUT2D eigenvalue weighted by Crippen LogP contribution is -2.59. The molecule has 0 spiro atoms. The summed E-state index contributed by atoms with van der Waals surface area (Å²) < 4.78 is 31.7. The number of hydrogen-bond acceptors (Lipinski definition) is 8. The third kappa shape index (κ3) is 6.56. The van der Waals surface area contributed by atoms with Gasteiger partial charge in [0.2, 0.25) is 0 Å². The van der Waals surface area contributed by atoms with Gasteiger partial charge in [0.1, 0.15) is 17.3 Å². The van der Waals surface area contributed by atoms with Crippen molar-refractivity contribution in [3.05, 3.63) is 88.7 Å². The molecule has 48 heavy (non-hydrogen) atoms. The van der Waals surface area contributed by atoms with E-state index >= 15 is 0 Å². The maximum absolute atomic E-state index is 14.3. The standard InChI is InChI=1S/C34H38FN7O6/c1-23(41(29-13-12-26(46-2)22-30(29)47-3)33(44)36-25-10-8-24(35)9-11-25)31-37-28-7-5-4-6-27(28)32(43)42(31)40-16-14-38(15-17-40)34(45)39-18-20-48-21-19-39/h4-13,22-23H,14-21H2,1-3H3,(H,36,44). The van der Waals surface area contributed by atoms with Crippen LogP contribution < -0.4 is 30.3 Å². The number of nitrogens with zero attached hydrogens (tertiary/aromatic N) is 6. The molecule has 0 saturated carbocycles. The number of amides is 4. The number of aromatic nitrogens is 2. The van der Waals surface area contributed by atoms with Crippen molar-refractivity contribution < 1.29 is 28.2 Å². The lowest BCUT2D eigenvalue weighted by molar-refractivity contribution is 0.0424. The largest absolute Gasteiger partial charge is 0.497 e. The second kappa shape index (κ2) is 14.2. The van der Waals surface area contributed by atoms with Crippen LogP contribution in [-0.4, -0.2) is 98.2 Å². The summed E-state index contributed by atoms with van der Waals surface area (Å²) in [6.07, 6.45) is 0. The molecule has 1 atom stereocenters. The van der Waals surface area contributed by atoms with Gasteiger partial charge in [-0.2, -0.15) is 0 Å². The molecular formula is C34H38FN7O6. The van der Waals surface area contributed by atoms with Crippen LogP contribution in [0.4, 0.5) is 25.4 Å². The highest BCUT2D eigenvalue weighted by Crippen LogP contribution is 2.37. The Hall–Kier alpha value is -5.37. The molecule has 1 N–H and O–H groups in total. The lowest BCUT2D eigenvalue weighted by atomic mass is 10.1. The minimum Gasteiger partial charge on any atom is -0.497 e. The van der Waals surface area contributed by atoms with Gasteiger partial charge in [-0.25, -0.2) is 23.6 Å². The number of rotatable bonds is 7. The number of halogens is 1. The van der Waals surface area contributed by atoms with Gasteiger partial charge in [-0.05, 0) is 55.5 Å². The Morgan fingerprint density at radius 2 is 1.60 bits per heavy atom. The molecule has 2 saturated heterocycles. The second-order valence-electron chi connectivity index (χ2n) is 11.4. The highest BCUT2D eigenvalue weighted by atomic mass is 19.1. The molecule has 3 heterocycles. The Morgan fingerprint density at radius 3 is 2.29 bits per heavy atom. The molecule has 2 aliphatic heterocycles. The first-order valence-electron chi connectivity index (χ1n) is 15.8. The maximum Gasteiger partial charge on any atom is 0.327 e. The second-order valence-corrected chi connectivity index (χ2v) is 11.4. The van der Waals surface area contributed by atoms with Crippen LogP contribution in [0.5, 0.6) is 11.5 Å². The van der Waals surface area contributed by atoms with Gasteiger partial charge in [0, 0.05) is 37.9 Å². The van der Waals surface area contributed by atoms with Gasteiger partial charge in [-0.3, -0.25) is 9.69 Å². The van der Waals surface area contributed by atoms with Crippen molar-refractivity contribution in [2.45, 2.75) is 13.0 Å². The molecule has 4 aromatic rings. The Labute approximate surface area is 277 Å². The maximum atomic E-state index is 14.3. The van der Waals surface area contributed by atoms with Gasteiger partial charge in [-0.15, -0.1) is 0 Å². The van der Waals surface area contributed by atoms with Crippen LogP contribution in [-0.2, 0) is 4.74 Å². The number of ether oxygens (including phenoxy) is 3. The Morgan fingerprint density at radius 1 is 0.917 bits per heavy atom. The molecule has 4 amide bonds. The lowest BCUT2D eigenvalue weighted by Gasteiger charge is -2.41. The van der Waals surface area contributed by atoms with Crippen LogP contribution in [0.25, 0.3) is 10.9 Å². The zero-order valence-corrected chi connectivity index (χ0v) is 27.1. The summed E-state index contributed by atoms with van der Waals surface area (Å²) in [6, 6.07) is 16.1. The third-order valence-corrected chi connectivity index (χ3v) is 8.59. The van der Waals surface area contributed by atoms with Gasteiger partial charge in [0.15, 0.2) is 5.82 Å². The fraction of sp³-hybridized carbons (Fsp3) is 0.353. The molecule has 2 fully saturated rings. The van der Waals surface area contributed by atoms with E-state index in [1.807, 2.05) is 5.01 Å². The number of hydrogen-bond donors (Lipinski definition) is 1. The number of nitrogens with one attached hydrogen (secondary N) is 1. The first-order chi connectivity index (χ1) is 23.3. The van der Waals surface area contributed by atoms with Crippen molar-refractivity contribution in [1.82, 2.24) is 19.5 Å². The van der Waals surface area contributed by atoms with Crippen molar-refractivity contribution in [1.29, 1.82) is 0 Å². The Bertz CT molecular complexity index is 1840. The van der Waals surface area contributed by atoms with E-state index < -0.39 is 17.9 Å². The average Bonchev–Trinajstić information content (AvgIpc) is 3.13. The number of urea groups is 2. The van der Waals surface area contributed by atoms with E-state index in [1.165, 1.54) is 48.1 Å². The quantitative estimate of drug-likeness (QED) is 0.316. The van der Waals surface area contributed by atoms with Crippen LogP contribution in [0.3, 0.4) is 0 Å². The van der Waals surface area contributed by atoms with Gasteiger partial charge >= 0.3 is 12.1 Å². The average molecular weight is 660 g/mol. The van der Waals surface area contributed by atoms with Gasteiger partial charge in [0.05, 0.1) is 63.2 Å². The summed E-state index contributed by atoms with van der Waals surface area (Å²) in [4.78, 5) is 51.6. The molecule has 252 valence electrons. The first-order valence-corrected chi connectivity index (χ1v) is 15.8. The predicted molar refractivity (Wildman–Crippen MR) is 179 cm³/mol. The molecular weight excluding hydrogens is 621 g/mol. The van der Waals surface area contributed by atoms with E-state index in [1.54, 1.807) is 59.2 Å². The number of fused-ring (bicyclic) bond motifs is 1. The zero-order valence-electron chi connectivity index (χ0n) is 27.1. The number of piperazine rings is 1. The molecule has 1 unspecified atom stereocenters. The number of benzene rings is 3. The van der Waals surface area contributed by atoms with Crippen LogP contribution in [0.2, 0.25) is 0 Å². The number of carbonyl (C=O) groups excluding carboxylic acids is 2. The fourth-order valence-corrected chi connectivity index (χ4v) is 6.04. The minimum absolute atomic E-state index is 0.0502. The Kier molecular flexibility index (Phi) is 9.62. The van der Waals surface area contributed by atoms with Gasteiger partial charge < -0.3 is 34.3 Å². The van der Waals surface area contributed by atoms with Crippen molar-refractivity contribution in [3.63, 3.8) is 0 Å². The van der Waals surface area contributed by atoms with Crippen LogP contribution in [0.1, 0.15) is 18.8 Å². The van der Waals surface area contributed by atoms with Crippen molar-refractivity contribution >= 4 is 34.3 Å². The number of carbonyl (C=O) groups is 2. The summed E-state index contributed by atoms with van der Waals surface area (Å²) in [6.45, 7) is 5.39. The van der Waals surface area contributed by atoms with Crippen LogP contribution in [0.15, 0.2) is 71.5 Å². The van der Waals surface area contributed by atoms with E-state index in [4.69, 9.17) is 19.2 Å². The van der Waals surface area contributed by atoms with Gasteiger partial charge in [0.25, 0.3) is 5.56 Å². The summed E-state index contributed by atoms with van der Waals surface area (Å²) in [5.74, 6) is 0.734. The first kappa shape index (κ1) is 32.6. The summed E-state index contributed by atoms with van der Waals surface area (Å²) >= 11 is 0. The Balaban J connectivity index is 1.40. The molecule has 6 rings (SSSR count). The molecule has 3 aromatic carbocycles. The minimum atomic E-state index is -0.835. The summed E-state index contributed by atoms with van der Waals surface area (Å²) in [5, 5.41) is 5.14. The van der Waals surface area contributed by atoms with E-state index in [2.05, 4.69) is 5.32 Å². The van der Waals surface area contributed by atoms with Gasteiger partial charge in [-0.1, -0.05) is 12.1 Å². The fourth-order valence-electron chi connectivity index (χ4n) is 6.04. The van der Waals surface area contributed by atoms with Crippen molar-refractivity contribution in [3.8, 4) is 11.5 Å². The topological polar surface area (TPSA) is 122 Å². The van der Waals surface area contributed by atoms with Crippen LogP contribution >= 0.6 is 0 Å². The molecule has 0 radical (unpaired) electrons. The monoisotopic (exact) mass is 659 g/mol. The number of morpholine rings is 1. The van der Waals surface area contributed by atoms with Crippen LogP contribution in [0, 0.1) is 5.82 Å². The third-order valence-electron chi connectivity index (χ3n) is 8.59. The summed E-state index contributed by atoms with van der Waals surface area (Å²) in [7, 11) is 3.02. The predicted octanol–water partition coefficient (Wildman–Crippen LogP) is 4.06. The van der Waals surface area contributed by atoms with E-state index in [-0.39, 0.29) is 11.6 Å². The molecule has 0 aliphatic carbocycles. The smallest absolute Gasteiger partial charge is 0.327 e. The molecule has 13 nitrogen and oxygen atoms in total.